The molecule has 0 bridgehead atoms. The van der Waals surface area contributed by atoms with Gasteiger partial charge in [-0.25, -0.2) is 4.79 Å². The molecule has 78 valence electrons. The molecule has 3 nitrogen and oxygen atoms in total. The van der Waals surface area contributed by atoms with Gasteiger partial charge >= 0.3 is 6.03 Å². The number of rotatable bonds is 5. The zero-order valence-electron chi connectivity index (χ0n) is 8.38. The zero-order valence-corrected chi connectivity index (χ0v) is 9.19. The molecule has 14 heavy (non-hydrogen) atoms. The fraction of sp³-hybridized carbons (Fsp3) is 0.500. The maximum Gasteiger partial charge on any atom is 0.315 e. The van der Waals surface area contributed by atoms with Crippen molar-refractivity contribution in [3.63, 3.8) is 0 Å². The quantitative estimate of drug-likeness (QED) is 0.723. The summed E-state index contributed by atoms with van der Waals surface area (Å²) in [6.07, 6.45) is 2.14. The summed E-state index contributed by atoms with van der Waals surface area (Å²) in [5.41, 5.74) is 0. The number of urea groups is 1. The second-order valence-corrected chi connectivity index (χ2v) is 4.07. The Hall–Kier alpha value is -1.03. The fourth-order valence-corrected chi connectivity index (χ4v) is 1.67. The molecule has 1 aromatic rings. The van der Waals surface area contributed by atoms with Crippen molar-refractivity contribution in [2.24, 2.45) is 0 Å². The second-order valence-electron chi connectivity index (χ2n) is 3.04. The van der Waals surface area contributed by atoms with Crippen LogP contribution in [-0.4, -0.2) is 12.6 Å². The van der Waals surface area contributed by atoms with Crippen molar-refractivity contribution in [3.8, 4) is 0 Å². The van der Waals surface area contributed by atoms with E-state index in [2.05, 4.69) is 17.6 Å². The summed E-state index contributed by atoms with van der Waals surface area (Å²) in [4.78, 5) is 12.4. The third-order valence-corrected chi connectivity index (χ3v) is 2.70. The Balaban J connectivity index is 2.09. The number of amides is 2. The van der Waals surface area contributed by atoms with Gasteiger partial charge in [-0.05, 0) is 17.9 Å². The van der Waals surface area contributed by atoms with E-state index in [1.807, 2.05) is 17.5 Å². The van der Waals surface area contributed by atoms with Crippen molar-refractivity contribution in [2.75, 3.05) is 6.54 Å². The van der Waals surface area contributed by atoms with Crippen LogP contribution in [0.15, 0.2) is 17.5 Å². The Kier molecular flexibility index (Phi) is 5.07. The second kappa shape index (κ2) is 6.43. The van der Waals surface area contributed by atoms with E-state index in [0.29, 0.717) is 6.54 Å². The predicted molar refractivity (Wildman–Crippen MR) is 59.5 cm³/mol. The van der Waals surface area contributed by atoms with Crippen molar-refractivity contribution < 1.29 is 4.79 Å². The molecule has 0 aliphatic carbocycles. The Morgan fingerprint density at radius 3 is 3.00 bits per heavy atom. The molecule has 0 atom stereocenters. The molecule has 0 aliphatic rings. The number of unbranched alkanes of at least 4 members (excludes halogenated alkanes) is 1. The zero-order chi connectivity index (χ0) is 10.2. The van der Waals surface area contributed by atoms with E-state index in [0.717, 1.165) is 19.4 Å². The number of carbonyl (C=O) groups is 1. The number of hydrogen-bond donors (Lipinski definition) is 2. The van der Waals surface area contributed by atoms with Crippen molar-refractivity contribution >= 4 is 17.4 Å². The molecule has 1 rings (SSSR count). The molecule has 0 spiro atoms. The highest BCUT2D eigenvalue weighted by atomic mass is 32.1. The molecule has 0 unspecified atom stereocenters. The van der Waals surface area contributed by atoms with Crippen LogP contribution < -0.4 is 10.6 Å². The lowest BCUT2D eigenvalue weighted by molar-refractivity contribution is 0.240. The Morgan fingerprint density at radius 2 is 2.36 bits per heavy atom. The molecule has 0 saturated heterocycles. The molecule has 0 saturated carbocycles. The summed E-state index contributed by atoms with van der Waals surface area (Å²) in [7, 11) is 0. The first-order chi connectivity index (χ1) is 6.83. The van der Waals surface area contributed by atoms with Gasteiger partial charge in [-0.2, -0.15) is 0 Å². The van der Waals surface area contributed by atoms with Gasteiger partial charge in [-0.1, -0.05) is 19.4 Å². The van der Waals surface area contributed by atoms with Gasteiger partial charge in [-0.3, -0.25) is 0 Å². The van der Waals surface area contributed by atoms with Crippen molar-refractivity contribution in [2.45, 2.75) is 26.3 Å². The maximum atomic E-state index is 11.2. The van der Waals surface area contributed by atoms with Crippen molar-refractivity contribution in [1.82, 2.24) is 10.6 Å². The van der Waals surface area contributed by atoms with Crippen LogP contribution in [0, 0.1) is 0 Å². The van der Waals surface area contributed by atoms with Gasteiger partial charge < -0.3 is 10.6 Å². The molecule has 2 N–H and O–H groups in total. The van der Waals surface area contributed by atoms with Crippen molar-refractivity contribution in [3.05, 3.63) is 22.4 Å². The summed E-state index contributed by atoms with van der Waals surface area (Å²) in [5, 5.41) is 7.61. The van der Waals surface area contributed by atoms with E-state index >= 15 is 0 Å². The summed E-state index contributed by atoms with van der Waals surface area (Å²) in [6, 6.07) is 3.92. The van der Waals surface area contributed by atoms with Crippen LogP contribution in [0.25, 0.3) is 0 Å². The minimum Gasteiger partial charge on any atom is -0.338 e. The van der Waals surface area contributed by atoms with Gasteiger partial charge in [0.1, 0.15) is 0 Å². The highest BCUT2D eigenvalue weighted by molar-refractivity contribution is 7.09. The normalized spacial score (nSPS) is 9.79. The Morgan fingerprint density at radius 1 is 1.50 bits per heavy atom. The average Bonchev–Trinajstić information content (AvgIpc) is 2.68. The van der Waals surface area contributed by atoms with Crippen LogP contribution in [-0.2, 0) is 6.54 Å². The van der Waals surface area contributed by atoms with Crippen LogP contribution >= 0.6 is 11.3 Å². The smallest absolute Gasteiger partial charge is 0.315 e. The average molecular weight is 212 g/mol. The molecule has 0 radical (unpaired) electrons. The molecule has 0 aliphatic heterocycles. The Bertz CT molecular complexity index is 259. The molecule has 1 heterocycles. The summed E-state index contributed by atoms with van der Waals surface area (Å²) < 4.78 is 0. The third kappa shape index (κ3) is 4.28. The van der Waals surface area contributed by atoms with E-state index in [9.17, 15) is 4.79 Å². The molecular weight excluding hydrogens is 196 g/mol. The standard InChI is InChI=1S/C10H16N2OS/c1-2-3-6-11-10(13)12-8-9-5-4-7-14-9/h4-5,7H,2-3,6,8H2,1H3,(H2,11,12,13). The van der Waals surface area contributed by atoms with Gasteiger partial charge in [0, 0.05) is 11.4 Å². The van der Waals surface area contributed by atoms with E-state index in [4.69, 9.17) is 0 Å². The molecular formula is C10H16N2OS. The first-order valence-electron chi connectivity index (χ1n) is 4.87. The highest BCUT2D eigenvalue weighted by Crippen LogP contribution is 2.06. The summed E-state index contributed by atoms with van der Waals surface area (Å²) in [6.45, 7) is 3.48. The molecule has 0 aromatic carbocycles. The first-order valence-corrected chi connectivity index (χ1v) is 5.75. The minimum atomic E-state index is -0.0770. The molecule has 0 fully saturated rings. The molecule has 1 aromatic heterocycles. The number of nitrogens with one attached hydrogen (secondary N) is 2. The SMILES string of the molecule is CCCCNC(=O)NCc1cccs1. The van der Waals surface area contributed by atoms with Crippen LogP contribution in [0.1, 0.15) is 24.6 Å². The predicted octanol–water partition coefficient (Wildman–Crippen LogP) is 2.35. The first kappa shape index (κ1) is 11.0. The van der Waals surface area contributed by atoms with Crippen LogP contribution in [0.5, 0.6) is 0 Å². The van der Waals surface area contributed by atoms with Crippen LogP contribution in [0.4, 0.5) is 4.79 Å². The lowest BCUT2D eigenvalue weighted by Crippen LogP contribution is -2.35. The van der Waals surface area contributed by atoms with Gasteiger partial charge in [0.25, 0.3) is 0 Å². The summed E-state index contributed by atoms with van der Waals surface area (Å²) in [5.74, 6) is 0. The van der Waals surface area contributed by atoms with E-state index in [1.54, 1.807) is 11.3 Å². The van der Waals surface area contributed by atoms with Gasteiger partial charge in [-0.15, -0.1) is 11.3 Å². The van der Waals surface area contributed by atoms with Gasteiger partial charge in [0.15, 0.2) is 0 Å². The summed E-state index contributed by atoms with van der Waals surface area (Å²) >= 11 is 1.65. The topological polar surface area (TPSA) is 41.1 Å². The largest absolute Gasteiger partial charge is 0.338 e. The lowest BCUT2D eigenvalue weighted by atomic mass is 10.3. The fourth-order valence-electron chi connectivity index (χ4n) is 1.02. The maximum absolute atomic E-state index is 11.2. The van der Waals surface area contributed by atoms with E-state index in [1.165, 1.54) is 4.88 Å². The highest BCUT2D eigenvalue weighted by Gasteiger charge is 1.98. The van der Waals surface area contributed by atoms with E-state index < -0.39 is 0 Å². The molecule has 4 heteroatoms. The van der Waals surface area contributed by atoms with Gasteiger partial charge in [0.2, 0.25) is 0 Å². The third-order valence-electron chi connectivity index (χ3n) is 1.82. The monoisotopic (exact) mass is 212 g/mol. The number of carbonyl (C=O) groups excluding carboxylic acids is 1. The Labute approximate surface area is 88.5 Å². The van der Waals surface area contributed by atoms with Crippen LogP contribution in [0.2, 0.25) is 0 Å². The van der Waals surface area contributed by atoms with Crippen LogP contribution in [0.3, 0.4) is 0 Å². The van der Waals surface area contributed by atoms with Crippen molar-refractivity contribution in [1.29, 1.82) is 0 Å². The number of hydrogen-bond acceptors (Lipinski definition) is 2. The van der Waals surface area contributed by atoms with Gasteiger partial charge in [0.05, 0.1) is 6.54 Å². The van der Waals surface area contributed by atoms with E-state index in [-0.39, 0.29) is 6.03 Å². The lowest BCUT2D eigenvalue weighted by Gasteiger charge is -2.05. The minimum absolute atomic E-state index is 0.0770. The number of thiophene rings is 1. The molecule has 2 amide bonds.